The van der Waals surface area contributed by atoms with Crippen molar-refractivity contribution in [3.8, 4) is 5.69 Å². The standard InChI is InChI=1S/C13H11BrN2O2/c14-8-3-1-4-9(7-8)16-11-6-2-5-10(11)12(15-16)13(17)18/h1,3-4,7H,2,5-6H2,(H,17,18). The maximum absolute atomic E-state index is 11.2. The molecule has 0 fully saturated rings. The highest BCUT2D eigenvalue weighted by Gasteiger charge is 2.26. The number of halogens is 1. The molecule has 2 aromatic rings. The van der Waals surface area contributed by atoms with Gasteiger partial charge in [-0.1, -0.05) is 22.0 Å². The highest BCUT2D eigenvalue weighted by molar-refractivity contribution is 9.10. The van der Waals surface area contributed by atoms with Gasteiger partial charge in [0.25, 0.3) is 0 Å². The van der Waals surface area contributed by atoms with E-state index >= 15 is 0 Å². The Morgan fingerprint density at radius 1 is 1.39 bits per heavy atom. The van der Waals surface area contributed by atoms with Crippen LogP contribution in [0.25, 0.3) is 5.69 Å². The lowest BCUT2D eigenvalue weighted by atomic mass is 10.2. The van der Waals surface area contributed by atoms with Crippen LogP contribution in [-0.4, -0.2) is 20.9 Å². The predicted octanol–water partition coefficient (Wildman–Crippen LogP) is 2.82. The van der Waals surface area contributed by atoms with Crippen molar-refractivity contribution in [2.24, 2.45) is 0 Å². The minimum Gasteiger partial charge on any atom is -0.476 e. The van der Waals surface area contributed by atoms with Crippen molar-refractivity contribution in [3.63, 3.8) is 0 Å². The molecule has 1 aliphatic rings. The van der Waals surface area contributed by atoms with Crippen LogP contribution >= 0.6 is 15.9 Å². The van der Waals surface area contributed by atoms with Crippen molar-refractivity contribution < 1.29 is 9.90 Å². The molecule has 5 heteroatoms. The average Bonchev–Trinajstić information content (AvgIpc) is 2.88. The number of benzene rings is 1. The maximum Gasteiger partial charge on any atom is 0.356 e. The Hall–Kier alpha value is -1.62. The van der Waals surface area contributed by atoms with Gasteiger partial charge >= 0.3 is 5.97 Å². The van der Waals surface area contributed by atoms with E-state index in [1.807, 2.05) is 24.3 Å². The Bertz CT molecular complexity index is 634. The summed E-state index contributed by atoms with van der Waals surface area (Å²) in [5.41, 5.74) is 3.02. The monoisotopic (exact) mass is 306 g/mol. The molecule has 1 aromatic carbocycles. The lowest BCUT2D eigenvalue weighted by Gasteiger charge is -2.05. The largest absolute Gasteiger partial charge is 0.476 e. The molecule has 92 valence electrons. The van der Waals surface area contributed by atoms with Crippen molar-refractivity contribution >= 4 is 21.9 Å². The Labute approximate surface area is 112 Å². The molecule has 3 rings (SSSR count). The second-order valence-corrected chi connectivity index (χ2v) is 5.24. The van der Waals surface area contributed by atoms with Gasteiger partial charge in [-0.05, 0) is 37.5 Å². The zero-order chi connectivity index (χ0) is 12.7. The van der Waals surface area contributed by atoms with Crippen molar-refractivity contribution in [2.75, 3.05) is 0 Å². The Morgan fingerprint density at radius 3 is 2.94 bits per heavy atom. The first kappa shape index (κ1) is 11.5. The summed E-state index contributed by atoms with van der Waals surface area (Å²) in [5, 5.41) is 13.4. The molecule has 0 saturated carbocycles. The van der Waals surface area contributed by atoms with Gasteiger partial charge in [-0.15, -0.1) is 0 Å². The lowest BCUT2D eigenvalue weighted by Crippen LogP contribution is -2.04. The quantitative estimate of drug-likeness (QED) is 0.928. The number of hydrogen-bond acceptors (Lipinski definition) is 2. The molecule has 4 nitrogen and oxygen atoms in total. The molecule has 0 aliphatic heterocycles. The lowest BCUT2D eigenvalue weighted by molar-refractivity contribution is 0.0689. The number of carboxylic acids is 1. The summed E-state index contributed by atoms with van der Waals surface area (Å²) in [6, 6.07) is 7.73. The topological polar surface area (TPSA) is 55.1 Å². The van der Waals surface area contributed by atoms with Crippen molar-refractivity contribution in [3.05, 3.63) is 45.7 Å². The number of hydrogen-bond donors (Lipinski definition) is 1. The van der Waals surface area contributed by atoms with Crippen LogP contribution in [0.5, 0.6) is 0 Å². The van der Waals surface area contributed by atoms with E-state index < -0.39 is 5.97 Å². The fraction of sp³-hybridized carbons (Fsp3) is 0.231. The molecule has 0 bridgehead atoms. The van der Waals surface area contributed by atoms with Gasteiger partial charge in [0.2, 0.25) is 0 Å². The second kappa shape index (κ2) is 4.24. The smallest absolute Gasteiger partial charge is 0.356 e. The van der Waals surface area contributed by atoms with E-state index in [1.165, 1.54) is 0 Å². The van der Waals surface area contributed by atoms with Crippen LogP contribution in [0.15, 0.2) is 28.7 Å². The molecule has 0 saturated heterocycles. The third kappa shape index (κ3) is 1.75. The van der Waals surface area contributed by atoms with Crippen LogP contribution in [-0.2, 0) is 12.8 Å². The molecule has 0 spiro atoms. The minimum atomic E-state index is -0.943. The number of rotatable bonds is 2. The summed E-state index contributed by atoms with van der Waals surface area (Å²) in [4.78, 5) is 11.2. The minimum absolute atomic E-state index is 0.197. The molecular weight excluding hydrogens is 296 g/mol. The number of carbonyl (C=O) groups is 1. The van der Waals surface area contributed by atoms with E-state index in [2.05, 4.69) is 21.0 Å². The van der Waals surface area contributed by atoms with Crippen LogP contribution in [0.3, 0.4) is 0 Å². The van der Waals surface area contributed by atoms with E-state index in [0.29, 0.717) is 0 Å². The van der Waals surface area contributed by atoms with Gasteiger partial charge in [-0.2, -0.15) is 5.10 Å². The highest BCUT2D eigenvalue weighted by Crippen LogP contribution is 2.28. The second-order valence-electron chi connectivity index (χ2n) is 4.32. The maximum atomic E-state index is 11.2. The molecule has 1 heterocycles. The third-order valence-electron chi connectivity index (χ3n) is 3.19. The van der Waals surface area contributed by atoms with E-state index in [0.717, 1.165) is 40.7 Å². The molecule has 0 amide bonds. The SMILES string of the molecule is O=C(O)c1nn(-c2cccc(Br)c2)c2c1CCC2. The summed E-state index contributed by atoms with van der Waals surface area (Å²) in [5.74, 6) is -0.943. The highest BCUT2D eigenvalue weighted by atomic mass is 79.9. The van der Waals surface area contributed by atoms with Crippen molar-refractivity contribution in [1.29, 1.82) is 0 Å². The molecule has 18 heavy (non-hydrogen) atoms. The van der Waals surface area contributed by atoms with Gasteiger partial charge in [0.15, 0.2) is 5.69 Å². The molecule has 0 unspecified atom stereocenters. The summed E-state index contributed by atoms with van der Waals surface area (Å²) < 4.78 is 2.72. The summed E-state index contributed by atoms with van der Waals surface area (Å²) in [6.45, 7) is 0. The fourth-order valence-corrected chi connectivity index (χ4v) is 2.82. The molecule has 0 radical (unpaired) electrons. The molecule has 1 aliphatic carbocycles. The van der Waals surface area contributed by atoms with Gasteiger partial charge in [0.1, 0.15) is 0 Å². The predicted molar refractivity (Wildman–Crippen MR) is 70.2 cm³/mol. The van der Waals surface area contributed by atoms with E-state index in [1.54, 1.807) is 4.68 Å². The number of fused-ring (bicyclic) bond motifs is 1. The zero-order valence-electron chi connectivity index (χ0n) is 9.56. The number of nitrogens with zero attached hydrogens (tertiary/aromatic N) is 2. The molecule has 1 aromatic heterocycles. The van der Waals surface area contributed by atoms with E-state index in [9.17, 15) is 9.90 Å². The Balaban J connectivity index is 2.19. The van der Waals surface area contributed by atoms with Gasteiger partial charge in [0.05, 0.1) is 5.69 Å². The molecule has 1 N–H and O–H groups in total. The van der Waals surface area contributed by atoms with Gasteiger partial charge in [-0.25, -0.2) is 9.48 Å². The summed E-state index contributed by atoms with van der Waals surface area (Å²) in [6.07, 6.45) is 2.70. The van der Waals surface area contributed by atoms with E-state index in [-0.39, 0.29) is 5.69 Å². The zero-order valence-corrected chi connectivity index (χ0v) is 11.1. The van der Waals surface area contributed by atoms with Crippen molar-refractivity contribution in [1.82, 2.24) is 9.78 Å². The molecule has 0 atom stereocenters. The van der Waals surface area contributed by atoms with Crippen LogP contribution in [0.1, 0.15) is 28.2 Å². The Morgan fingerprint density at radius 2 is 2.22 bits per heavy atom. The Kier molecular flexibility index (Phi) is 2.70. The van der Waals surface area contributed by atoms with Gasteiger partial charge in [0, 0.05) is 15.7 Å². The third-order valence-corrected chi connectivity index (χ3v) is 3.68. The van der Waals surface area contributed by atoms with Crippen molar-refractivity contribution in [2.45, 2.75) is 19.3 Å². The first-order valence-electron chi connectivity index (χ1n) is 5.77. The van der Waals surface area contributed by atoms with Crippen LogP contribution < -0.4 is 0 Å². The van der Waals surface area contributed by atoms with Crippen LogP contribution in [0.2, 0.25) is 0 Å². The average molecular weight is 307 g/mol. The number of carboxylic acid groups (broad SMARTS) is 1. The van der Waals surface area contributed by atoms with Crippen LogP contribution in [0, 0.1) is 0 Å². The summed E-state index contributed by atoms with van der Waals surface area (Å²) >= 11 is 3.42. The number of aromatic carboxylic acids is 1. The van der Waals surface area contributed by atoms with Gasteiger partial charge < -0.3 is 5.11 Å². The summed E-state index contributed by atoms with van der Waals surface area (Å²) in [7, 11) is 0. The molecular formula is C13H11BrN2O2. The first-order valence-corrected chi connectivity index (χ1v) is 6.56. The fourth-order valence-electron chi connectivity index (χ4n) is 2.43. The van der Waals surface area contributed by atoms with E-state index in [4.69, 9.17) is 0 Å². The van der Waals surface area contributed by atoms with Crippen LogP contribution in [0.4, 0.5) is 0 Å². The van der Waals surface area contributed by atoms with Gasteiger partial charge in [-0.3, -0.25) is 0 Å². The first-order chi connectivity index (χ1) is 8.66. The normalized spacial score (nSPS) is 13.6. The number of aromatic nitrogens is 2.